The quantitative estimate of drug-likeness (QED) is 0.0271. The van der Waals surface area contributed by atoms with Crippen molar-refractivity contribution in [3.8, 4) is 17.2 Å². The highest BCUT2D eigenvalue weighted by Crippen LogP contribution is 2.28. The molecule has 2 aromatic heterocycles. The van der Waals surface area contributed by atoms with Gasteiger partial charge in [-0.05, 0) is 139 Å². The number of phenolic OH excluding ortho intramolecular Hbond substituents is 3. The molecule has 3 aliphatic rings. The Labute approximate surface area is 760 Å². The summed E-state index contributed by atoms with van der Waals surface area (Å²) in [5.41, 5.74) is 15.9. The van der Waals surface area contributed by atoms with Crippen LogP contribution >= 0.6 is 11.8 Å². The summed E-state index contributed by atoms with van der Waals surface area (Å²) in [4.78, 5) is 219. The Hall–Kier alpha value is -14.0. The zero-order chi connectivity index (χ0) is 94.1. The second-order valence-corrected chi connectivity index (χ2v) is 35.0. The number of aliphatic hydroxyl groups is 1. The lowest BCUT2D eigenvalue weighted by Gasteiger charge is -2.32. The van der Waals surface area contributed by atoms with Gasteiger partial charge in [-0.15, -0.1) is 11.8 Å². The number of rotatable bonds is 21. The molecule has 3 aliphatic heterocycles. The number of nitrogens with two attached hydrogens (primary N) is 2. The summed E-state index contributed by atoms with van der Waals surface area (Å²) < 4.78 is 0. The predicted molar refractivity (Wildman–Crippen MR) is 487 cm³/mol. The maximum absolute atomic E-state index is 15.5. The fraction of sp³-hybridized carbons (Fsp3) is 0.409. The van der Waals surface area contributed by atoms with Gasteiger partial charge in [0.2, 0.25) is 82.7 Å². The fourth-order valence-electron chi connectivity index (χ4n) is 16.3. The summed E-state index contributed by atoms with van der Waals surface area (Å²) in [6, 6.07) is 20.4. The maximum atomic E-state index is 15.5. The molecule has 0 saturated carbocycles. The Morgan fingerprint density at radius 3 is 1.25 bits per heavy atom. The number of aromatic hydroxyl groups is 3. The number of H-pyrrole nitrogens is 2. The first-order valence-electron chi connectivity index (χ1n) is 43.7. The second kappa shape index (κ2) is 46.3. The van der Waals surface area contributed by atoms with Crippen LogP contribution in [0.5, 0.6) is 17.2 Å². The van der Waals surface area contributed by atoms with Crippen molar-refractivity contribution in [2.24, 2.45) is 23.3 Å². The van der Waals surface area contributed by atoms with E-state index in [2.05, 4.69) is 73.8 Å². The molecule has 3 fully saturated rings. The predicted octanol–water partition coefficient (Wildman–Crippen LogP) is 1.03. The minimum Gasteiger partial charge on any atom is -0.508 e. The third-order valence-corrected chi connectivity index (χ3v) is 24.3. The number of aromatic nitrogens is 2. The van der Waals surface area contributed by atoms with E-state index < -0.39 is 185 Å². The van der Waals surface area contributed by atoms with Crippen molar-refractivity contribution in [2.45, 2.75) is 190 Å². The molecule has 38 heteroatoms. The van der Waals surface area contributed by atoms with Crippen molar-refractivity contribution in [3.05, 3.63) is 197 Å². The Bertz CT molecular complexity index is 5410. The Morgan fingerprint density at radius 1 is 0.443 bits per heavy atom. The van der Waals surface area contributed by atoms with Crippen LogP contribution in [-0.4, -0.2) is 245 Å². The van der Waals surface area contributed by atoms with E-state index in [0.717, 1.165) is 11.8 Å². The van der Waals surface area contributed by atoms with Crippen LogP contribution in [0.25, 0.3) is 21.8 Å². The number of thioether (sulfide) groups is 1. The molecule has 3 saturated heterocycles. The van der Waals surface area contributed by atoms with Gasteiger partial charge < -0.3 is 115 Å². The Kier molecular flexibility index (Phi) is 34.5. The number of carbonyl (C=O) groups is 14. The average Bonchev–Trinajstić information content (AvgIpc) is 1.71. The van der Waals surface area contributed by atoms with E-state index in [1.54, 1.807) is 113 Å². The van der Waals surface area contributed by atoms with Crippen molar-refractivity contribution in [3.63, 3.8) is 0 Å². The molecule has 11 rings (SSSR count). The SMILES string of the molecule is CC(C)C[C@@H]1NC(=O)[C@H](Cc2ccc(O)cc2)NC(=O)[C@H](Cc2c[nH]c3ccccc23)NC(=O)[C@@H](Cc2ccc(O)cc2)NC(=O)CSC[C@@H](C(N)=O)NC(=O)[C@H](Cc2ccccc2)NC(=O)[C@H](Cc2c[nH]c3ccccc23)NC(=O)[C@@H]2CCCN2C(=O)[C@H](C(C)C)NC(=O)[C@H](CCCNC(=N)N)NC(=O)[C@H](Cc2ccc(O)cc2)NC(=O)[C@H](CO)NC(=O)[C@@H]2CCCN2C1=O. The Balaban J connectivity index is 0.949. The van der Waals surface area contributed by atoms with Crippen molar-refractivity contribution >= 4 is 122 Å². The molecule has 696 valence electrons. The molecule has 6 aromatic carbocycles. The number of nitrogens with one attached hydrogen (secondary N) is 15. The van der Waals surface area contributed by atoms with E-state index in [4.69, 9.17) is 16.9 Å². The summed E-state index contributed by atoms with van der Waals surface area (Å²) in [7, 11) is 0. The molecule has 0 radical (unpaired) electrons. The number of aromatic amines is 2. The molecular formula is C93H115N19O18S. The maximum Gasteiger partial charge on any atom is 0.246 e. The molecular weight excluding hydrogens is 1700 g/mol. The first-order chi connectivity index (χ1) is 62.7. The van der Waals surface area contributed by atoms with E-state index in [9.17, 15) is 44.4 Å². The zero-order valence-corrected chi connectivity index (χ0v) is 74.0. The van der Waals surface area contributed by atoms with Gasteiger partial charge in [-0.2, -0.15) is 0 Å². The number of fused-ring (bicyclic) bond motifs is 4. The smallest absolute Gasteiger partial charge is 0.246 e. The minimum atomic E-state index is -1.82. The minimum absolute atomic E-state index is 0.00218. The molecule has 23 N–H and O–H groups in total. The van der Waals surface area contributed by atoms with E-state index in [1.807, 2.05) is 6.07 Å². The lowest BCUT2D eigenvalue weighted by atomic mass is 9.99. The van der Waals surface area contributed by atoms with Gasteiger partial charge in [0.15, 0.2) is 5.96 Å². The molecule has 131 heavy (non-hydrogen) atoms. The van der Waals surface area contributed by atoms with Gasteiger partial charge in [0.1, 0.15) is 95.8 Å². The van der Waals surface area contributed by atoms with Crippen LogP contribution in [0.3, 0.4) is 0 Å². The number of nitrogens with zero attached hydrogens (tertiary/aromatic N) is 2. The molecule has 0 spiro atoms. The van der Waals surface area contributed by atoms with E-state index >= 15 is 43.2 Å². The van der Waals surface area contributed by atoms with Crippen LogP contribution in [0.2, 0.25) is 0 Å². The van der Waals surface area contributed by atoms with Gasteiger partial charge in [0, 0.05) is 98.1 Å². The summed E-state index contributed by atoms with van der Waals surface area (Å²) in [5.74, 6) is -15.2. The summed E-state index contributed by atoms with van der Waals surface area (Å²) >= 11 is 0.837. The fourth-order valence-corrected chi connectivity index (χ4v) is 17.2. The van der Waals surface area contributed by atoms with Gasteiger partial charge in [-0.25, -0.2) is 0 Å². The highest BCUT2D eigenvalue weighted by molar-refractivity contribution is 8.00. The number of amides is 14. The molecule has 0 unspecified atom stereocenters. The summed E-state index contributed by atoms with van der Waals surface area (Å²) in [6.07, 6.45) is 2.29. The first-order valence-corrected chi connectivity index (χ1v) is 44.9. The highest BCUT2D eigenvalue weighted by atomic mass is 32.2. The number of primary amides is 1. The molecule has 5 heterocycles. The molecule has 8 aromatic rings. The molecule has 37 nitrogen and oxygen atoms in total. The average molecular weight is 1820 g/mol. The first kappa shape index (κ1) is 97.6. The van der Waals surface area contributed by atoms with Gasteiger partial charge in [-0.3, -0.25) is 72.5 Å². The summed E-state index contributed by atoms with van der Waals surface area (Å²) in [6.45, 7) is 5.75. The molecule has 0 bridgehead atoms. The number of para-hydroxylation sites is 2. The topological polar surface area (TPSA) is 578 Å². The lowest BCUT2D eigenvalue weighted by Crippen LogP contribution is -2.62. The molecule has 13 atom stereocenters. The number of hydrogen-bond donors (Lipinski definition) is 21. The third-order valence-electron chi connectivity index (χ3n) is 23.3. The number of phenols is 3. The van der Waals surface area contributed by atoms with Crippen LogP contribution in [0.1, 0.15) is 106 Å². The van der Waals surface area contributed by atoms with Crippen molar-refractivity contribution in [2.75, 3.05) is 37.7 Å². The van der Waals surface area contributed by atoms with Gasteiger partial charge in [0.25, 0.3) is 0 Å². The summed E-state index contributed by atoms with van der Waals surface area (Å²) in [5, 5.41) is 84.1. The largest absolute Gasteiger partial charge is 0.508 e. The number of aliphatic hydroxyl groups excluding tert-OH is 1. The van der Waals surface area contributed by atoms with Crippen LogP contribution in [0, 0.1) is 17.2 Å². The zero-order valence-electron chi connectivity index (χ0n) is 73.1. The van der Waals surface area contributed by atoms with E-state index in [1.165, 1.54) is 82.6 Å². The monoisotopic (exact) mass is 1820 g/mol. The van der Waals surface area contributed by atoms with Crippen molar-refractivity contribution in [1.82, 2.24) is 83.6 Å². The normalized spacial score (nSPS) is 23.6. The lowest BCUT2D eigenvalue weighted by molar-refractivity contribution is -0.143. The second-order valence-electron chi connectivity index (χ2n) is 33.9. The van der Waals surface area contributed by atoms with Crippen LogP contribution < -0.4 is 75.3 Å². The van der Waals surface area contributed by atoms with E-state index in [0.29, 0.717) is 55.2 Å². The van der Waals surface area contributed by atoms with Crippen LogP contribution in [0.4, 0.5) is 0 Å². The van der Waals surface area contributed by atoms with Gasteiger partial charge in [0.05, 0.1) is 12.4 Å². The molecule has 14 amide bonds. The van der Waals surface area contributed by atoms with Crippen molar-refractivity contribution in [1.29, 1.82) is 5.41 Å². The van der Waals surface area contributed by atoms with E-state index in [-0.39, 0.29) is 132 Å². The molecule has 0 aliphatic carbocycles. The number of benzene rings is 6. The van der Waals surface area contributed by atoms with Crippen molar-refractivity contribution < 1.29 is 87.5 Å². The Morgan fingerprint density at radius 2 is 0.817 bits per heavy atom. The van der Waals surface area contributed by atoms with Gasteiger partial charge >= 0.3 is 0 Å². The number of carbonyl (C=O) groups excluding carboxylic acids is 14. The van der Waals surface area contributed by atoms with Crippen LogP contribution in [0.15, 0.2) is 164 Å². The standard InChI is InChI=1S/C93H115N19O18S/c1-51(2)39-73-91(129)111-37-13-22-76(111)90(128)108-74(48-113)88(126)104-69(42-55-26-32-60(115)33-27-55)83(121)101-66(21-12-36-97-93(95)96)81(119)110-79(52(3)4)92(130)112-38-14-23-77(112)89(127)106-72(45-58-47-99-65-20-11-9-18-63(58)65)87(125)102-68(40-53-15-6-5-7-16-53)85(123)109-75(80(94)118)49-131-50-78(117)100-67(41-54-24-30-59(114)31-25-54)82(120)105-71(44-57-46-98-64-19-10-8-17-62(57)64)86(124)103-70(84(122)107-73)43-56-28-34-61(116)35-29-56/h5-11,15-20,24-35,46-47,51-52,66-77,79,98-99,113-116H,12-14,21-23,36-45,48-50H2,1-4H3,(H2,94,118)(H,100,117)(H,101,121)(H,102,125)(H,103,124)(H,104,126)(H,105,120)(H,106,127)(H,107,122)(H,108,128)(H,109,123)(H,110,119)(H4,95,96,97)/t66-,67+,68-,69-,70-,71-,72-,73-,74-,75-,76-,77-,79-/m0/s1. The highest BCUT2D eigenvalue weighted by Gasteiger charge is 2.44. The number of guanidine groups is 1. The third kappa shape index (κ3) is 27.3. The number of hydrogen-bond acceptors (Lipinski definition) is 20. The van der Waals surface area contributed by atoms with Gasteiger partial charge in [-0.1, -0.05) is 131 Å². The van der Waals surface area contributed by atoms with Crippen LogP contribution in [-0.2, 0) is 106 Å².